The van der Waals surface area contributed by atoms with Gasteiger partial charge in [-0.2, -0.15) is 0 Å². The van der Waals surface area contributed by atoms with Crippen LogP contribution in [0.2, 0.25) is 0 Å². The van der Waals surface area contributed by atoms with Crippen molar-refractivity contribution >= 4 is 11.9 Å². The lowest BCUT2D eigenvalue weighted by molar-refractivity contribution is -0.152. The Morgan fingerprint density at radius 2 is 2.16 bits per heavy atom. The van der Waals surface area contributed by atoms with E-state index in [1.165, 1.54) is 24.3 Å². The van der Waals surface area contributed by atoms with Crippen molar-refractivity contribution in [2.75, 3.05) is 13.7 Å². The molecule has 0 aromatic heterocycles. The van der Waals surface area contributed by atoms with Crippen LogP contribution >= 0.6 is 0 Å². The van der Waals surface area contributed by atoms with Crippen molar-refractivity contribution in [3.05, 3.63) is 35.5 Å². The summed E-state index contributed by atoms with van der Waals surface area (Å²) in [6, 6.07) is 0. The van der Waals surface area contributed by atoms with Crippen LogP contribution in [-0.4, -0.2) is 36.9 Å². The number of hydrogen-bond acceptors (Lipinski definition) is 5. The predicted molar refractivity (Wildman–Crippen MR) is 125 cm³/mol. The Balaban J connectivity index is 1.79. The van der Waals surface area contributed by atoms with Crippen molar-refractivity contribution in [1.82, 2.24) is 0 Å². The van der Waals surface area contributed by atoms with E-state index in [9.17, 15) is 14.7 Å². The maximum Gasteiger partial charge on any atom is 0.331 e. The molecule has 2 aliphatic carbocycles. The highest BCUT2D eigenvalue weighted by molar-refractivity contribution is 5.85. The fourth-order valence-corrected chi connectivity index (χ4v) is 6.62. The summed E-state index contributed by atoms with van der Waals surface area (Å²) >= 11 is 0. The molecule has 178 valence electrons. The minimum Gasteiger partial charge on any atom is -0.469 e. The Bertz CT molecular complexity index is 809. The molecule has 3 rings (SSSR count). The summed E-state index contributed by atoms with van der Waals surface area (Å²) in [6.45, 7) is 11.1. The second-order valence-electron chi connectivity index (χ2n) is 10.5. The molecule has 1 aliphatic heterocycles. The molecule has 2 saturated carbocycles. The van der Waals surface area contributed by atoms with Gasteiger partial charge in [-0.1, -0.05) is 37.6 Å². The van der Waals surface area contributed by atoms with Gasteiger partial charge in [-0.3, -0.25) is 4.79 Å². The summed E-state index contributed by atoms with van der Waals surface area (Å²) < 4.78 is 10.5. The van der Waals surface area contributed by atoms with Crippen molar-refractivity contribution in [3.8, 4) is 0 Å². The molecule has 0 unspecified atom stereocenters. The molecule has 0 spiro atoms. The second-order valence-corrected chi connectivity index (χ2v) is 10.5. The molecule has 5 nitrogen and oxygen atoms in total. The summed E-state index contributed by atoms with van der Waals surface area (Å²) in [7, 11) is 1.49. The van der Waals surface area contributed by atoms with E-state index in [1.807, 2.05) is 0 Å². The molecule has 0 aromatic carbocycles. The fraction of sp³-hybridized carbons (Fsp3) is 0.704. The third kappa shape index (κ3) is 4.73. The Morgan fingerprint density at radius 3 is 2.84 bits per heavy atom. The summed E-state index contributed by atoms with van der Waals surface area (Å²) in [6.07, 6.45) is 11.6. The van der Waals surface area contributed by atoms with Crippen molar-refractivity contribution in [2.45, 2.75) is 84.7 Å². The van der Waals surface area contributed by atoms with E-state index >= 15 is 0 Å². The van der Waals surface area contributed by atoms with Crippen LogP contribution in [0.3, 0.4) is 0 Å². The molecule has 1 N–H and O–H groups in total. The van der Waals surface area contributed by atoms with Crippen LogP contribution in [0.15, 0.2) is 35.5 Å². The third-order valence-corrected chi connectivity index (χ3v) is 8.84. The first-order chi connectivity index (χ1) is 15.2. The number of cyclic esters (lactones) is 1. The molecule has 0 radical (unpaired) electrons. The Kier molecular flexibility index (Phi) is 7.69. The number of aliphatic hydroxyl groups excluding tert-OH is 1. The zero-order chi connectivity index (χ0) is 23.5. The monoisotopic (exact) mass is 444 g/mol. The summed E-state index contributed by atoms with van der Waals surface area (Å²) in [4.78, 5) is 24.1. The summed E-state index contributed by atoms with van der Waals surface area (Å²) in [5.41, 5.74) is 3.21. The van der Waals surface area contributed by atoms with Crippen LogP contribution < -0.4 is 0 Å². The van der Waals surface area contributed by atoms with E-state index in [0.717, 1.165) is 44.9 Å². The van der Waals surface area contributed by atoms with E-state index in [4.69, 9.17) is 9.47 Å². The van der Waals surface area contributed by atoms with Gasteiger partial charge in [0.05, 0.1) is 20.1 Å². The quantitative estimate of drug-likeness (QED) is 0.407. The van der Waals surface area contributed by atoms with Gasteiger partial charge in [0.25, 0.3) is 0 Å². The average Bonchev–Trinajstić information content (AvgIpc) is 3.14. The van der Waals surface area contributed by atoms with Crippen LogP contribution in [0.25, 0.3) is 0 Å². The molecule has 0 saturated heterocycles. The van der Waals surface area contributed by atoms with E-state index in [0.29, 0.717) is 30.3 Å². The van der Waals surface area contributed by atoms with Gasteiger partial charge in [0.15, 0.2) is 0 Å². The standard InChI is InChI=1S/C27H40O5/c1-18(9-10-22-21(17-28)15-24(29)32-22)11-14-27(16-25(30)31-5)20(3)12-13-26(4)19(2)7-6-8-23(26)27/h9,15,20,22-23,28H,2,6-8,10-14,16-17H2,1,3-5H3/b18-9+/t20-,22+,23+,26+,27-/m0/s1. The molecule has 0 amide bonds. The maximum atomic E-state index is 12.6. The normalized spacial score (nSPS) is 35.2. The topological polar surface area (TPSA) is 72.8 Å². The van der Waals surface area contributed by atoms with Gasteiger partial charge in [-0.25, -0.2) is 4.79 Å². The highest BCUT2D eigenvalue weighted by Crippen LogP contribution is 2.64. The lowest BCUT2D eigenvalue weighted by atomic mass is 9.44. The fourth-order valence-electron chi connectivity index (χ4n) is 6.62. The molecule has 2 fully saturated rings. The number of carbonyl (C=O) groups is 2. The first-order valence-corrected chi connectivity index (χ1v) is 12.1. The van der Waals surface area contributed by atoms with E-state index in [1.54, 1.807) is 0 Å². The number of fused-ring (bicyclic) bond motifs is 1. The minimum atomic E-state index is -0.380. The van der Waals surface area contributed by atoms with E-state index in [2.05, 4.69) is 33.4 Å². The number of hydrogen-bond donors (Lipinski definition) is 1. The summed E-state index contributed by atoms with van der Waals surface area (Å²) in [5, 5.41) is 9.45. The number of esters is 2. The van der Waals surface area contributed by atoms with Crippen molar-refractivity contribution in [3.63, 3.8) is 0 Å². The van der Waals surface area contributed by atoms with Crippen LogP contribution in [0.1, 0.15) is 78.6 Å². The molecule has 32 heavy (non-hydrogen) atoms. The van der Waals surface area contributed by atoms with Crippen LogP contribution in [0, 0.1) is 22.7 Å². The maximum absolute atomic E-state index is 12.6. The lowest BCUT2D eigenvalue weighted by Gasteiger charge is -2.60. The highest BCUT2D eigenvalue weighted by atomic mass is 16.5. The van der Waals surface area contributed by atoms with Crippen LogP contribution in [0.5, 0.6) is 0 Å². The van der Waals surface area contributed by atoms with Crippen molar-refractivity contribution in [1.29, 1.82) is 0 Å². The highest BCUT2D eigenvalue weighted by Gasteiger charge is 2.56. The predicted octanol–water partition coefficient (Wildman–Crippen LogP) is 5.29. The molecular weight excluding hydrogens is 404 g/mol. The number of ether oxygens (including phenoxy) is 2. The SMILES string of the molecule is C=C1CCC[C@H]2[C@@](CC/C(C)=C/C[C@H]3OC(=O)C=C3CO)(CC(=O)OC)[C@@H](C)CC[C@]12C. The summed E-state index contributed by atoms with van der Waals surface area (Å²) in [5.74, 6) is 0.384. The largest absolute Gasteiger partial charge is 0.469 e. The Labute approximate surface area is 192 Å². The lowest BCUT2D eigenvalue weighted by Crippen LogP contribution is -2.52. The van der Waals surface area contributed by atoms with Gasteiger partial charge in [0, 0.05) is 18.1 Å². The molecular formula is C27H40O5. The smallest absolute Gasteiger partial charge is 0.331 e. The Morgan fingerprint density at radius 1 is 1.41 bits per heavy atom. The zero-order valence-electron chi connectivity index (χ0n) is 20.2. The minimum absolute atomic E-state index is 0.0925. The molecule has 1 heterocycles. The van der Waals surface area contributed by atoms with Gasteiger partial charge in [0.2, 0.25) is 0 Å². The van der Waals surface area contributed by atoms with Gasteiger partial charge >= 0.3 is 11.9 Å². The number of allylic oxidation sites excluding steroid dienone is 2. The average molecular weight is 445 g/mol. The first kappa shape index (κ1) is 24.8. The van der Waals surface area contributed by atoms with Crippen LogP contribution in [-0.2, 0) is 19.1 Å². The van der Waals surface area contributed by atoms with Gasteiger partial charge in [0.1, 0.15) is 6.10 Å². The van der Waals surface area contributed by atoms with Crippen LogP contribution in [0.4, 0.5) is 0 Å². The molecule has 0 aromatic rings. The molecule has 3 aliphatic rings. The number of aliphatic hydroxyl groups is 1. The first-order valence-electron chi connectivity index (χ1n) is 12.1. The number of methoxy groups -OCH3 is 1. The van der Waals surface area contributed by atoms with Crippen molar-refractivity contribution < 1.29 is 24.2 Å². The number of rotatable bonds is 8. The molecule has 0 bridgehead atoms. The Hall–Kier alpha value is -1.88. The van der Waals surface area contributed by atoms with E-state index < -0.39 is 0 Å². The third-order valence-electron chi connectivity index (χ3n) is 8.84. The van der Waals surface area contributed by atoms with Gasteiger partial charge in [-0.15, -0.1) is 0 Å². The van der Waals surface area contributed by atoms with E-state index in [-0.39, 0.29) is 35.5 Å². The van der Waals surface area contributed by atoms with Crippen molar-refractivity contribution in [2.24, 2.45) is 22.7 Å². The zero-order valence-corrected chi connectivity index (χ0v) is 20.2. The second kappa shape index (κ2) is 9.94. The number of carbonyl (C=O) groups excluding carboxylic acids is 2. The molecule has 5 heteroatoms. The molecule has 5 atom stereocenters. The van der Waals surface area contributed by atoms with Gasteiger partial charge < -0.3 is 14.6 Å². The van der Waals surface area contributed by atoms with Gasteiger partial charge in [-0.05, 0) is 74.5 Å².